The summed E-state index contributed by atoms with van der Waals surface area (Å²) in [6.07, 6.45) is 15.0. The Kier molecular flexibility index (Phi) is 18.7. The zero-order chi connectivity index (χ0) is 27.4. The number of aliphatic carboxylic acids is 1. The summed E-state index contributed by atoms with van der Waals surface area (Å²) < 4.78 is 9.54. The number of allylic oxidation sites excluding steroid dienone is 1. The van der Waals surface area contributed by atoms with E-state index in [1.54, 1.807) is 19.9 Å². The van der Waals surface area contributed by atoms with Crippen LogP contribution in [0.5, 0.6) is 0 Å². The summed E-state index contributed by atoms with van der Waals surface area (Å²) in [4.78, 5) is 48.1. The molecule has 36 heavy (non-hydrogen) atoms. The van der Waals surface area contributed by atoms with Crippen LogP contribution in [0.15, 0.2) is 12.2 Å². The van der Waals surface area contributed by atoms with E-state index in [4.69, 9.17) is 4.74 Å². The molecule has 0 aromatic rings. The highest BCUT2D eigenvalue weighted by Gasteiger charge is 2.50. The van der Waals surface area contributed by atoms with Crippen LogP contribution in [0.4, 0.5) is 0 Å². The van der Waals surface area contributed by atoms with Gasteiger partial charge in [0, 0.05) is 12.8 Å². The van der Waals surface area contributed by atoms with Crippen molar-refractivity contribution in [3.63, 3.8) is 0 Å². The second-order valence-corrected chi connectivity index (χ2v) is 9.74. The predicted molar refractivity (Wildman–Crippen MR) is 138 cm³/mol. The third-order valence-electron chi connectivity index (χ3n) is 6.08. The van der Waals surface area contributed by atoms with Gasteiger partial charge in [-0.3, -0.25) is 14.4 Å². The van der Waals surface area contributed by atoms with E-state index in [0.29, 0.717) is 25.0 Å². The first kappa shape index (κ1) is 33.8. The number of Topliss-reactive ketones (excluding diaryl/α,β-unsaturated/α-hetero) is 1. The number of rotatable bonds is 22. The Hall–Kier alpha value is -2.22. The number of methoxy groups -OCH3 is 1. The highest BCUT2D eigenvalue weighted by molar-refractivity contribution is 5.92. The number of hydrogen-bond acceptors (Lipinski definition) is 7. The molecule has 0 aromatic carbocycles. The van der Waals surface area contributed by atoms with Gasteiger partial charge in [0.2, 0.25) is 0 Å². The number of carbonyl (C=O) groups excluding carboxylic acids is 3. The first-order valence-corrected chi connectivity index (χ1v) is 13.5. The Morgan fingerprint density at radius 2 is 1.39 bits per heavy atom. The lowest BCUT2D eigenvalue weighted by Crippen LogP contribution is -2.51. The zero-order valence-corrected chi connectivity index (χ0v) is 22.8. The molecule has 208 valence electrons. The van der Waals surface area contributed by atoms with Crippen molar-refractivity contribution >= 4 is 23.7 Å². The number of carbonyl (C=O) groups is 4. The number of carboxylic acid groups (broad SMARTS) is 1. The molecular weight excluding hydrogens is 464 g/mol. The Balaban J connectivity index is 4.44. The molecule has 2 N–H and O–H groups in total. The van der Waals surface area contributed by atoms with Gasteiger partial charge < -0.3 is 19.7 Å². The second kappa shape index (κ2) is 19.9. The molecule has 0 unspecified atom stereocenters. The summed E-state index contributed by atoms with van der Waals surface area (Å²) in [5.74, 6) is -4.88. The minimum atomic E-state index is -2.57. The van der Waals surface area contributed by atoms with Crippen LogP contribution in [0.1, 0.15) is 117 Å². The van der Waals surface area contributed by atoms with Crippen molar-refractivity contribution in [2.45, 2.75) is 129 Å². The van der Waals surface area contributed by atoms with Crippen LogP contribution in [0.25, 0.3) is 0 Å². The van der Waals surface area contributed by atoms with Crippen molar-refractivity contribution in [1.29, 1.82) is 0 Å². The molecule has 0 rings (SSSR count). The number of unbranched alkanes of at least 4 members (excludes halogenated alkanes) is 10. The molecule has 0 bridgehead atoms. The largest absolute Gasteiger partial charge is 0.481 e. The third kappa shape index (κ3) is 15.0. The average molecular weight is 513 g/mol. The Morgan fingerprint density at radius 1 is 0.861 bits per heavy atom. The highest BCUT2D eigenvalue weighted by Crippen LogP contribution is 2.27. The summed E-state index contributed by atoms with van der Waals surface area (Å²) in [6, 6.07) is 0. The van der Waals surface area contributed by atoms with Gasteiger partial charge in [0.1, 0.15) is 11.7 Å². The van der Waals surface area contributed by atoms with Crippen molar-refractivity contribution in [2.24, 2.45) is 5.92 Å². The normalized spacial score (nSPS) is 13.9. The standard InChI is InChI=1S/C28H48O8/c1-5-6-7-8-9-12-15-18-23(29)19-16-13-10-11-14-17-20-24(26(31)32)28(34,21-25(30)35-4)27(33)36-22(2)3/h17,20,22,24,34H,5-16,18-19,21H2,1-4H3,(H,31,32)/b20-17+/t24-,28+/m0/s1. The lowest BCUT2D eigenvalue weighted by molar-refractivity contribution is -0.184. The minimum absolute atomic E-state index is 0.325. The van der Waals surface area contributed by atoms with E-state index in [0.717, 1.165) is 45.6 Å². The van der Waals surface area contributed by atoms with E-state index < -0.39 is 42.0 Å². The molecule has 0 fully saturated rings. The Labute approximate surface area is 216 Å². The second-order valence-electron chi connectivity index (χ2n) is 9.74. The zero-order valence-electron chi connectivity index (χ0n) is 22.8. The quantitative estimate of drug-likeness (QED) is 0.110. The topological polar surface area (TPSA) is 127 Å². The first-order chi connectivity index (χ1) is 17.1. The van der Waals surface area contributed by atoms with Gasteiger partial charge in [0.05, 0.1) is 19.6 Å². The molecule has 0 aliphatic carbocycles. The van der Waals surface area contributed by atoms with Crippen LogP contribution in [0.3, 0.4) is 0 Å². The van der Waals surface area contributed by atoms with E-state index in [-0.39, 0.29) is 0 Å². The van der Waals surface area contributed by atoms with Crippen LogP contribution in [-0.4, -0.2) is 52.7 Å². The molecule has 0 heterocycles. The minimum Gasteiger partial charge on any atom is -0.481 e. The van der Waals surface area contributed by atoms with E-state index in [2.05, 4.69) is 11.7 Å². The first-order valence-electron chi connectivity index (χ1n) is 13.5. The van der Waals surface area contributed by atoms with Gasteiger partial charge in [0.25, 0.3) is 0 Å². The van der Waals surface area contributed by atoms with Gasteiger partial charge in [-0.2, -0.15) is 0 Å². The van der Waals surface area contributed by atoms with E-state index in [9.17, 15) is 29.4 Å². The molecule has 0 saturated heterocycles. The summed E-state index contributed by atoms with van der Waals surface area (Å²) in [5.41, 5.74) is -2.57. The van der Waals surface area contributed by atoms with Crippen LogP contribution < -0.4 is 0 Å². The van der Waals surface area contributed by atoms with Crippen molar-refractivity contribution < 1.29 is 38.9 Å². The molecule has 0 radical (unpaired) electrons. The molecule has 0 spiro atoms. The van der Waals surface area contributed by atoms with Crippen LogP contribution in [0.2, 0.25) is 0 Å². The van der Waals surface area contributed by atoms with Gasteiger partial charge in [-0.1, -0.05) is 70.4 Å². The maximum absolute atomic E-state index is 12.5. The Bertz CT molecular complexity index is 685. The highest BCUT2D eigenvalue weighted by atomic mass is 16.6. The number of ketones is 1. The molecule has 8 nitrogen and oxygen atoms in total. The SMILES string of the molecule is CCCCCCCCCC(=O)CCCCCC/C=C/[C@@H](C(=O)O)[C@](O)(CC(=O)OC)C(=O)OC(C)C. The molecule has 0 aliphatic rings. The van der Waals surface area contributed by atoms with Crippen molar-refractivity contribution in [3.8, 4) is 0 Å². The maximum atomic E-state index is 12.5. The monoisotopic (exact) mass is 512 g/mol. The lowest BCUT2D eigenvalue weighted by Gasteiger charge is -2.29. The van der Waals surface area contributed by atoms with Gasteiger partial charge in [-0.25, -0.2) is 4.79 Å². The fourth-order valence-electron chi connectivity index (χ4n) is 3.94. The molecule has 0 aliphatic heterocycles. The number of ether oxygens (including phenoxy) is 2. The molecule has 8 heteroatoms. The predicted octanol–water partition coefficient (Wildman–Crippen LogP) is 5.54. The number of carboxylic acids is 1. The molecule has 0 saturated carbocycles. The van der Waals surface area contributed by atoms with E-state index >= 15 is 0 Å². The van der Waals surface area contributed by atoms with E-state index in [1.807, 2.05) is 0 Å². The van der Waals surface area contributed by atoms with Crippen LogP contribution in [0, 0.1) is 5.92 Å². The molecule has 0 amide bonds. The van der Waals surface area contributed by atoms with Gasteiger partial charge in [0.15, 0.2) is 5.60 Å². The lowest BCUT2D eigenvalue weighted by atomic mass is 9.83. The number of esters is 2. The summed E-state index contributed by atoms with van der Waals surface area (Å²) in [5, 5.41) is 20.5. The van der Waals surface area contributed by atoms with E-state index in [1.165, 1.54) is 38.2 Å². The third-order valence-corrected chi connectivity index (χ3v) is 6.08. The summed E-state index contributed by atoms with van der Waals surface area (Å²) >= 11 is 0. The summed E-state index contributed by atoms with van der Waals surface area (Å²) in [7, 11) is 1.09. The maximum Gasteiger partial charge on any atom is 0.340 e. The number of hydrogen-bond donors (Lipinski definition) is 2. The summed E-state index contributed by atoms with van der Waals surface area (Å²) in [6.45, 7) is 5.32. The smallest absolute Gasteiger partial charge is 0.340 e. The average Bonchev–Trinajstić information content (AvgIpc) is 2.81. The Morgan fingerprint density at radius 3 is 1.89 bits per heavy atom. The van der Waals surface area contributed by atoms with Crippen molar-refractivity contribution in [1.82, 2.24) is 0 Å². The van der Waals surface area contributed by atoms with Crippen molar-refractivity contribution in [2.75, 3.05) is 7.11 Å². The van der Waals surface area contributed by atoms with Gasteiger partial charge in [-0.15, -0.1) is 0 Å². The fraction of sp³-hybridized carbons (Fsp3) is 0.786. The molecule has 0 aromatic heterocycles. The van der Waals surface area contributed by atoms with Crippen LogP contribution >= 0.6 is 0 Å². The van der Waals surface area contributed by atoms with Crippen LogP contribution in [-0.2, 0) is 28.7 Å². The van der Waals surface area contributed by atoms with Gasteiger partial charge in [-0.05, 0) is 39.5 Å². The molecular formula is C28H48O8. The van der Waals surface area contributed by atoms with Gasteiger partial charge >= 0.3 is 17.9 Å². The van der Waals surface area contributed by atoms with Crippen molar-refractivity contribution in [3.05, 3.63) is 12.2 Å². The fourth-order valence-corrected chi connectivity index (χ4v) is 3.94. The number of aliphatic hydroxyl groups is 1. The molecule has 2 atom stereocenters.